The minimum absolute atomic E-state index is 0.323. The molecule has 0 spiro atoms. The van der Waals surface area contributed by atoms with Crippen LogP contribution in [-0.2, 0) is 14.8 Å². The number of hydrogen-bond acceptors (Lipinski definition) is 3. The van der Waals surface area contributed by atoms with E-state index in [0.717, 1.165) is 18.4 Å². The van der Waals surface area contributed by atoms with E-state index in [2.05, 4.69) is 4.72 Å². The number of rotatable bonds is 4. The van der Waals surface area contributed by atoms with Crippen molar-refractivity contribution in [1.82, 2.24) is 4.72 Å². The summed E-state index contributed by atoms with van der Waals surface area (Å²) < 4.78 is 32.6. The van der Waals surface area contributed by atoms with Gasteiger partial charge in [-0.15, -0.1) is 0 Å². The molecular weight excluding hydrogens is 250 g/mol. The van der Waals surface area contributed by atoms with Crippen molar-refractivity contribution < 1.29 is 13.2 Å². The van der Waals surface area contributed by atoms with E-state index in [1.54, 1.807) is 25.1 Å². The Balaban J connectivity index is 2.11. The molecular formula is C13H19NO3S. The molecule has 0 saturated carbocycles. The Morgan fingerprint density at radius 2 is 2.11 bits per heavy atom. The van der Waals surface area contributed by atoms with Crippen LogP contribution >= 0.6 is 0 Å². The molecule has 0 aliphatic carbocycles. The van der Waals surface area contributed by atoms with Crippen molar-refractivity contribution in [3.05, 3.63) is 29.8 Å². The summed E-state index contributed by atoms with van der Waals surface area (Å²) >= 11 is 0. The lowest BCUT2D eigenvalue weighted by Gasteiger charge is -2.23. The van der Waals surface area contributed by atoms with Crippen molar-refractivity contribution in [2.45, 2.75) is 37.2 Å². The van der Waals surface area contributed by atoms with Crippen LogP contribution in [0.4, 0.5) is 0 Å². The smallest absolute Gasteiger partial charge is 0.240 e. The number of nitrogens with one attached hydrogen (secondary N) is 1. The largest absolute Gasteiger partial charge is 0.374 e. The van der Waals surface area contributed by atoms with E-state index in [1.807, 2.05) is 13.0 Å². The topological polar surface area (TPSA) is 55.4 Å². The average molecular weight is 269 g/mol. The minimum atomic E-state index is -3.45. The summed E-state index contributed by atoms with van der Waals surface area (Å²) in [6, 6.07) is 6.98. The van der Waals surface area contributed by atoms with Crippen LogP contribution in [-0.4, -0.2) is 27.2 Å². The molecule has 1 N–H and O–H groups in total. The van der Waals surface area contributed by atoms with E-state index in [0.29, 0.717) is 18.0 Å². The van der Waals surface area contributed by atoms with Crippen LogP contribution in [0.15, 0.2) is 29.2 Å². The fourth-order valence-electron chi connectivity index (χ4n) is 2.16. The lowest BCUT2D eigenvalue weighted by molar-refractivity contribution is 0.0250. The van der Waals surface area contributed by atoms with Crippen LogP contribution in [0, 0.1) is 6.92 Å². The minimum Gasteiger partial charge on any atom is -0.374 e. The number of benzene rings is 1. The Labute approximate surface area is 108 Å². The van der Waals surface area contributed by atoms with Crippen molar-refractivity contribution in [2.24, 2.45) is 0 Å². The van der Waals surface area contributed by atoms with Crippen molar-refractivity contribution in [3.8, 4) is 0 Å². The third-order valence-corrected chi connectivity index (χ3v) is 4.88. The number of ether oxygens (including phenoxy) is 1. The van der Waals surface area contributed by atoms with Gasteiger partial charge >= 0.3 is 0 Å². The van der Waals surface area contributed by atoms with Gasteiger partial charge in [0.05, 0.1) is 10.5 Å². The summed E-state index contributed by atoms with van der Waals surface area (Å²) in [6.07, 6.45) is 1.88. The molecule has 0 radical (unpaired) electrons. The Morgan fingerprint density at radius 1 is 1.39 bits per heavy atom. The maximum Gasteiger partial charge on any atom is 0.240 e. The zero-order valence-electron chi connectivity index (χ0n) is 10.8. The lowest BCUT2D eigenvalue weighted by Crippen LogP contribution is -2.40. The molecule has 2 rings (SSSR count). The van der Waals surface area contributed by atoms with E-state index >= 15 is 0 Å². The quantitative estimate of drug-likeness (QED) is 0.907. The van der Waals surface area contributed by atoms with E-state index in [9.17, 15) is 8.42 Å². The van der Waals surface area contributed by atoms with Crippen molar-refractivity contribution in [1.29, 1.82) is 0 Å². The molecule has 1 fully saturated rings. The van der Waals surface area contributed by atoms with Crippen molar-refractivity contribution >= 4 is 10.0 Å². The maximum absolute atomic E-state index is 12.2. The van der Waals surface area contributed by atoms with Gasteiger partial charge in [0, 0.05) is 13.2 Å². The normalized spacial score (nSPS) is 24.3. The van der Waals surface area contributed by atoms with Gasteiger partial charge in [0.25, 0.3) is 0 Å². The van der Waals surface area contributed by atoms with Crippen LogP contribution in [0.3, 0.4) is 0 Å². The van der Waals surface area contributed by atoms with E-state index in [1.165, 1.54) is 0 Å². The third kappa shape index (κ3) is 2.91. The second-order valence-electron chi connectivity index (χ2n) is 4.99. The lowest BCUT2D eigenvalue weighted by atomic mass is 10.0. The Kier molecular flexibility index (Phi) is 3.75. The average Bonchev–Trinajstić information content (AvgIpc) is 2.75. The molecule has 1 aliphatic rings. The van der Waals surface area contributed by atoms with Gasteiger partial charge in [-0.1, -0.05) is 18.2 Å². The second kappa shape index (κ2) is 4.99. The van der Waals surface area contributed by atoms with E-state index in [4.69, 9.17) is 4.74 Å². The van der Waals surface area contributed by atoms with Gasteiger partial charge in [-0.3, -0.25) is 0 Å². The molecule has 1 unspecified atom stereocenters. The highest BCUT2D eigenvalue weighted by molar-refractivity contribution is 7.89. The molecule has 0 aromatic heterocycles. The molecule has 5 heteroatoms. The summed E-state index contributed by atoms with van der Waals surface area (Å²) in [6.45, 7) is 4.77. The zero-order valence-corrected chi connectivity index (χ0v) is 11.6. The SMILES string of the molecule is Cc1ccccc1S(=O)(=O)NCC1(C)CCCO1. The van der Waals surface area contributed by atoms with Gasteiger partial charge < -0.3 is 4.74 Å². The second-order valence-corrected chi connectivity index (χ2v) is 6.73. The van der Waals surface area contributed by atoms with Crippen LogP contribution in [0.2, 0.25) is 0 Å². The first kappa shape index (κ1) is 13.5. The van der Waals surface area contributed by atoms with Gasteiger partial charge in [-0.05, 0) is 38.3 Å². The summed E-state index contributed by atoms with van der Waals surface area (Å²) in [4.78, 5) is 0.339. The highest BCUT2D eigenvalue weighted by atomic mass is 32.2. The summed E-state index contributed by atoms with van der Waals surface area (Å²) in [5, 5.41) is 0. The molecule has 1 heterocycles. The maximum atomic E-state index is 12.2. The van der Waals surface area contributed by atoms with Gasteiger partial charge in [-0.25, -0.2) is 13.1 Å². The van der Waals surface area contributed by atoms with E-state index < -0.39 is 10.0 Å². The molecule has 1 aliphatic heterocycles. The van der Waals surface area contributed by atoms with Crippen molar-refractivity contribution in [2.75, 3.05) is 13.2 Å². The van der Waals surface area contributed by atoms with E-state index in [-0.39, 0.29) is 5.60 Å². The highest BCUT2D eigenvalue weighted by Gasteiger charge is 2.31. The number of hydrogen-bond donors (Lipinski definition) is 1. The van der Waals surface area contributed by atoms with Gasteiger partial charge in [-0.2, -0.15) is 0 Å². The number of sulfonamides is 1. The molecule has 18 heavy (non-hydrogen) atoms. The molecule has 1 saturated heterocycles. The third-order valence-electron chi connectivity index (χ3n) is 3.32. The molecule has 1 aromatic carbocycles. The highest BCUT2D eigenvalue weighted by Crippen LogP contribution is 2.24. The molecule has 1 aromatic rings. The standard InChI is InChI=1S/C13H19NO3S/c1-11-6-3-4-7-12(11)18(15,16)14-10-13(2)8-5-9-17-13/h3-4,6-7,14H,5,8-10H2,1-2H3. The predicted molar refractivity (Wildman–Crippen MR) is 70.0 cm³/mol. The Hall–Kier alpha value is -0.910. The van der Waals surface area contributed by atoms with Crippen LogP contribution < -0.4 is 4.72 Å². The zero-order chi connectivity index (χ0) is 13.2. The molecule has 4 nitrogen and oxygen atoms in total. The first-order valence-corrected chi connectivity index (χ1v) is 7.61. The first-order valence-electron chi connectivity index (χ1n) is 6.12. The van der Waals surface area contributed by atoms with Crippen LogP contribution in [0.1, 0.15) is 25.3 Å². The summed E-state index contributed by atoms with van der Waals surface area (Å²) in [5.41, 5.74) is 0.387. The Morgan fingerprint density at radius 3 is 2.72 bits per heavy atom. The Bertz CT molecular complexity index is 519. The fraction of sp³-hybridized carbons (Fsp3) is 0.538. The van der Waals surface area contributed by atoms with Gasteiger partial charge in [0.2, 0.25) is 10.0 Å². The number of aryl methyl sites for hydroxylation is 1. The van der Waals surface area contributed by atoms with Crippen molar-refractivity contribution in [3.63, 3.8) is 0 Å². The molecule has 0 amide bonds. The van der Waals surface area contributed by atoms with Gasteiger partial charge in [0.15, 0.2) is 0 Å². The van der Waals surface area contributed by atoms with Gasteiger partial charge in [0.1, 0.15) is 0 Å². The molecule has 0 bridgehead atoms. The molecule has 1 atom stereocenters. The first-order chi connectivity index (χ1) is 8.43. The monoisotopic (exact) mass is 269 g/mol. The summed E-state index contributed by atoms with van der Waals surface area (Å²) in [7, 11) is -3.45. The fourth-order valence-corrected chi connectivity index (χ4v) is 3.56. The molecule has 100 valence electrons. The van der Waals surface area contributed by atoms with Crippen LogP contribution in [0.25, 0.3) is 0 Å². The summed E-state index contributed by atoms with van der Waals surface area (Å²) in [5.74, 6) is 0. The predicted octanol–water partition coefficient (Wildman–Crippen LogP) is 1.84. The van der Waals surface area contributed by atoms with Crippen LogP contribution in [0.5, 0.6) is 0 Å².